The SMILES string of the molecule is CCNC(CC1(OC)CCC1)c1ccc(CC(C)C)cc1. The highest BCUT2D eigenvalue weighted by Crippen LogP contribution is 2.41. The molecule has 0 radical (unpaired) electrons. The number of benzene rings is 1. The molecule has 0 saturated heterocycles. The van der Waals surface area contributed by atoms with E-state index in [0.29, 0.717) is 12.0 Å². The number of nitrogens with one attached hydrogen (secondary N) is 1. The molecule has 0 heterocycles. The summed E-state index contributed by atoms with van der Waals surface area (Å²) in [5.41, 5.74) is 2.95. The zero-order valence-corrected chi connectivity index (χ0v) is 14.1. The van der Waals surface area contributed by atoms with Crippen molar-refractivity contribution in [1.29, 1.82) is 0 Å². The molecule has 2 nitrogen and oxygen atoms in total. The molecule has 1 aromatic rings. The molecule has 21 heavy (non-hydrogen) atoms. The lowest BCUT2D eigenvalue weighted by Crippen LogP contribution is -2.42. The number of ether oxygens (including phenoxy) is 1. The Morgan fingerprint density at radius 3 is 2.29 bits per heavy atom. The smallest absolute Gasteiger partial charge is 0.0697 e. The Hall–Kier alpha value is -0.860. The Balaban J connectivity index is 2.06. The van der Waals surface area contributed by atoms with Crippen LogP contribution in [0.4, 0.5) is 0 Å². The largest absolute Gasteiger partial charge is 0.378 e. The summed E-state index contributed by atoms with van der Waals surface area (Å²) < 4.78 is 5.81. The third-order valence-electron chi connectivity index (χ3n) is 4.75. The molecular formula is C19H31NO. The summed E-state index contributed by atoms with van der Waals surface area (Å²) in [4.78, 5) is 0. The van der Waals surface area contributed by atoms with Crippen molar-refractivity contribution in [1.82, 2.24) is 5.32 Å². The van der Waals surface area contributed by atoms with E-state index in [1.807, 2.05) is 7.11 Å². The van der Waals surface area contributed by atoms with Crippen LogP contribution in [0.2, 0.25) is 0 Å². The molecule has 0 aromatic heterocycles. The molecular weight excluding hydrogens is 258 g/mol. The molecule has 0 spiro atoms. The van der Waals surface area contributed by atoms with Gasteiger partial charge in [-0.1, -0.05) is 45.0 Å². The lowest BCUT2D eigenvalue weighted by Gasteiger charge is -2.43. The van der Waals surface area contributed by atoms with Crippen LogP contribution in [0.3, 0.4) is 0 Å². The maximum Gasteiger partial charge on any atom is 0.0697 e. The molecule has 0 amide bonds. The van der Waals surface area contributed by atoms with E-state index in [2.05, 4.69) is 50.4 Å². The van der Waals surface area contributed by atoms with Crippen LogP contribution in [-0.4, -0.2) is 19.3 Å². The predicted molar refractivity (Wildman–Crippen MR) is 89.6 cm³/mol. The Morgan fingerprint density at radius 2 is 1.86 bits per heavy atom. The van der Waals surface area contributed by atoms with Crippen LogP contribution in [0.15, 0.2) is 24.3 Å². The maximum absolute atomic E-state index is 5.81. The van der Waals surface area contributed by atoms with Crippen LogP contribution in [0.1, 0.15) is 63.6 Å². The minimum atomic E-state index is 0.115. The highest BCUT2D eigenvalue weighted by molar-refractivity contribution is 5.26. The predicted octanol–water partition coefficient (Wildman–Crippen LogP) is 4.49. The van der Waals surface area contributed by atoms with Gasteiger partial charge >= 0.3 is 0 Å². The third-order valence-corrected chi connectivity index (χ3v) is 4.75. The fourth-order valence-electron chi connectivity index (χ4n) is 3.35. The van der Waals surface area contributed by atoms with E-state index in [4.69, 9.17) is 4.74 Å². The van der Waals surface area contributed by atoms with Crippen molar-refractivity contribution in [3.8, 4) is 0 Å². The van der Waals surface area contributed by atoms with E-state index < -0.39 is 0 Å². The zero-order valence-electron chi connectivity index (χ0n) is 14.1. The standard InChI is InChI=1S/C19H31NO/c1-5-20-18(14-19(21-4)11-6-12-19)17-9-7-16(8-10-17)13-15(2)3/h7-10,15,18,20H,5-6,11-14H2,1-4H3. The lowest BCUT2D eigenvalue weighted by molar-refractivity contribution is -0.0837. The molecule has 1 aliphatic rings. The van der Waals surface area contributed by atoms with E-state index in [-0.39, 0.29) is 5.60 Å². The van der Waals surface area contributed by atoms with Crippen molar-refractivity contribution >= 4 is 0 Å². The second-order valence-corrected chi connectivity index (χ2v) is 6.89. The van der Waals surface area contributed by atoms with E-state index in [0.717, 1.165) is 19.4 Å². The Labute approximate surface area is 130 Å². The molecule has 2 rings (SSSR count). The number of methoxy groups -OCH3 is 1. The number of rotatable bonds is 8. The summed E-state index contributed by atoms with van der Waals surface area (Å²) in [7, 11) is 1.87. The molecule has 0 bridgehead atoms. The van der Waals surface area contributed by atoms with Gasteiger partial charge in [0.15, 0.2) is 0 Å². The van der Waals surface area contributed by atoms with E-state index in [1.165, 1.54) is 30.4 Å². The first-order chi connectivity index (χ1) is 10.1. The van der Waals surface area contributed by atoms with E-state index in [1.54, 1.807) is 0 Å². The molecule has 1 N–H and O–H groups in total. The van der Waals surface area contributed by atoms with Gasteiger partial charge in [0.25, 0.3) is 0 Å². The maximum atomic E-state index is 5.81. The van der Waals surface area contributed by atoms with Gasteiger partial charge in [0, 0.05) is 13.2 Å². The minimum absolute atomic E-state index is 0.115. The summed E-state index contributed by atoms with van der Waals surface area (Å²) in [6, 6.07) is 9.59. The number of hydrogen-bond donors (Lipinski definition) is 1. The summed E-state index contributed by atoms with van der Waals surface area (Å²) in [5.74, 6) is 0.715. The molecule has 2 heteroatoms. The average Bonchev–Trinajstić information content (AvgIpc) is 2.42. The van der Waals surface area contributed by atoms with Gasteiger partial charge in [0.1, 0.15) is 0 Å². The lowest BCUT2D eigenvalue weighted by atomic mass is 9.74. The Kier molecular flexibility index (Phi) is 5.83. The van der Waals surface area contributed by atoms with Gasteiger partial charge in [-0.25, -0.2) is 0 Å². The van der Waals surface area contributed by atoms with Crippen LogP contribution in [0, 0.1) is 5.92 Å². The molecule has 1 aromatic carbocycles. The quantitative estimate of drug-likeness (QED) is 0.761. The Bertz CT molecular complexity index is 414. The van der Waals surface area contributed by atoms with Crippen molar-refractivity contribution in [3.05, 3.63) is 35.4 Å². The van der Waals surface area contributed by atoms with E-state index in [9.17, 15) is 0 Å². The highest BCUT2D eigenvalue weighted by atomic mass is 16.5. The molecule has 1 saturated carbocycles. The molecule has 118 valence electrons. The second-order valence-electron chi connectivity index (χ2n) is 6.89. The number of hydrogen-bond acceptors (Lipinski definition) is 2. The van der Waals surface area contributed by atoms with Crippen LogP contribution in [0.25, 0.3) is 0 Å². The first-order valence-electron chi connectivity index (χ1n) is 8.46. The minimum Gasteiger partial charge on any atom is -0.378 e. The van der Waals surface area contributed by atoms with Gasteiger partial charge in [-0.3, -0.25) is 0 Å². The van der Waals surface area contributed by atoms with Crippen LogP contribution in [-0.2, 0) is 11.2 Å². The normalized spacial score (nSPS) is 18.5. The first-order valence-corrected chi connectivity index (χ1v) is 8.46. The van der Waals surface area contributed by atoms with Crippen LogP contribution in [0.5, 0.6) is 0 Å². The van der Waals surface area contributed by atoms with Crippen molar-refractivity contribution in [2.24, 2.45) is 5.92 Å². The van der Waals surface area contributed by atoms with Gasteiger partial charge in [-0.15, -0.1) is 0 Å². The Morgan fingerprint density at radius 1 is 1.19 bits per heavy atom. The van der Waals surface area contributed by atoms with Crippen molar-refractivity contribution in [2.75, 3.05) is 13.7 Å². The van der Waals surface area contributed by atoms with Gasteiger partial charge in [-0.2, -0.15) is 0 Å². The van der Waals surface area contributed by atoms with Crippen molar-refractivity contribution < 1.29 is 4.74 Å². The van der Waals surface area contributed by atoms with Gasteiger partial charge in [-0.05, 0) is 55.7 Å². The summed E-state index contributed by atoms with van der Waals surface area (Å²) >= 11 is 0. The molecule has 1 unspecified atom stereocenters. The van der Waals surface area contributed by atoms with Crippen molar-refractivity contribution in [2.45, 2.75) is 64.5 Å². The summed E-state index contributed by atoms with van der Waals surface area (Å²) in [5, 5.41) is 3.64. The second kappa shape index (κ2) is 7.42. The van der Waals surface area contributed by atoms with Crippen molar-refractivity contribution in [3.63, 3.8) is 0 Å². The topological polar surface area (TPSA) is 21.3 Å². The monoisotopic (exact) mass is 289 g/mol. The third kappa shape index (κ3) is 4.31. The molecule has 1 atom stereocenters. The van der Waals surface area contributed by atoms with Gasteiger partial charge in [0.05, 0.1) is 5.60 Å². The molecule has 1 aliphatic carbocycles. The fraction of sp³-hybridized carbons (Fsp3) is 0.684. The summed E-state index contributed by atoms with van der Waals surface area (Å²) in [6.45, 7) is 7.72. The van der Waals surface area contributed by atoms with Gasteiger partial charge < -0.3 is 10.1 Å². The van der Waals surface area contributed by atoms with E-state index >= 15 is 0 Å². The summed E-state index contributed by atoms with van der Waals surface area (Å²) in [6.07, 6.45) is 5.96. The van der Waals surface area contributed by atoms with Gasteiger partial charge in [0.2, 0.25) is 0 Å². The first kappa shape index (κ1) is 16.5. The van der Waals surface area contributed by atoms with Crippen LogP contribution >= 0.6 is 0 Å². The average molecular weight is 289 g/mol. The molecule has 0 aliphatic heterocycles. The fourth-order valence-corrected chi connectivity index (χ4v) is 3.35. The molecule has 1 fully saturated rings. The van der Waals surface area contributed by atoms with Crippen LogP contribution < -0.4 is 5.32 Å². The zero-order chi connectivity index (χ0) is 15.3. The highest BCUT2D eigenvalue weighted by Gasteiger charge is 2.39.